The number of halogens is 1. The SMILES string of the molecule is CC(C)CC(=O)N(c1ccccc1)[C@@H]1C[C@H](C)N(C(=O)c2ccc(F)cc2)c2ccccc21. The highest BCUT2D eigenvalue weighted by atomic mass is 19.1. The van der Waals surface area contributed by atoms with E-state index in [1.807, 2.05) is 80.3 Å². The molecule has 0 spiro atoms. The van der Waals surface area contributed by atoms with Crippen molar-refractivity contribution in [2.24, 2.45) is 5.92 Å². The number of carbonyl (C=O) groups excluding carboxylic acids is 2. The van der Waals surface area contributed by atoms with Gasteiger partial charge in [0.15, 0.2) is 0 Å². The lowest BCUT2D eigenvalue weighted by Gasteiger charge is -2.43. The minimum atomic E-state index is -0.374. The maximum atomic E-state index is 13.4. The van der Waals surface area contributed by atoms with Crippen molar-refractivity contribution in [3.63, 3.8) is 0 Å². The number of benzene rings is 3. The fourth-order valence-electron chi connectivity index (χ4n) is 4.60. The molecule has 0 bridgehead atoms. The first-order valence-electron chi connectivity index (χ1n) is 11.4. The molecule has 1 aliphatic rings. The summed E-state index contributed by atoms with van der Waals surface area (Å²) in [7, 11) is 0. The van der Waals surface area contributed by atoms with Gasteiger partial charge in [-0.15, -0.1) is 0 Å². The maximum Gasteiger partial charge on any atom is 0.258 e. The molecule has 1 heterocycles. The zero-order chi connectivity index (χ0) is 23.5. The van der Waals surface area contributed by atoms with Gasteiger partial charge in [-0.05, 0) is 67.3 Å². The van der Waals surface area contributed by atoms with E-state index in [2.05, 4.69) is 0 Å². The van der Waals surface area contributed by atoms with Crippen LogP contribution in [-0.4, -0.2) is 17.9 Å². The van der Waals surface area contributed by atoms with Crippen LogP contribution in [0.2, 0.25) is 0 Å². The predicted molar refractivity (Wildman–Crippen MR) is 130 cm³/mol. The number of amides is 2. The van der Waals surface area contributed by atoms with E-state index in [1.54, 1.807) is 4.90 Å². The van der Waals surface area contributed by atoms with Crippen LogP contribution in [0.5, 0.6) is 0 Å². The molecule has 2 amide bonds. The lowest BCUT2D eigenvalue weighted by molar-refractivity contribution is -0.119. The Morgan fingerprint density at radius 3 is 2.27 bits per heavy atom. The van der Waals surface area contributed by atoms with Gasteiger partial charge in [-0.3, -0.25) is 9.59 Å². The summed E-state index contributed by atoms with van der Waals surface area (Å²) in [5.41, 5.74) is 3.02. The van der Waals surface area contributed by atoms with Crippen LogP contribution in [0.1, 0.15) is 55.6 Å². The van der Waals surface area contributed by atoms with Crippen molar-refractivity contribution >= 4 is 23.2 Å². The van der Waals surface area contributed by atoms with Gasteiger partial charge in [0.2, 0.25) is 5.91 Å². The molecular weight excluding hydrogens is 415 g/mol. The molecule has 0 saturated heterocycles. The highest BCUT2D eigenvalue weighted by Gasteiger charge is 2.38. The highest BCUT2D eigenvalue weighted by Crippen LogP contribution is 2.43. The molecule has 0 unspecified atom stereocenters. The third-order valence-corrected chi connectivity index (χ3v) is 6.07. The number of hydrogen-bond acceptors (Lipinski definition) is 2. The fraction of sp³-hybridized carbons (Fsp3) is 0.286. The van der Waals surface area contributed by atoms with E-state index in [0.29, 0.717) is 18.4 Å². The summed E-state index contributed by atoms with van der Waals surface area (Å²) in [6.07, 6.45) is 1.04. The number of nitrogens with zero attached hydrogens (tertiary/aromatic N) is 2. The minimum Gasteiger partial charge on any atom is -0.305 e. The molecule has 4 rings (SSSR count). The molecule has 0 aliphatic carbocycles. The molecule has 4 nitrogen and oxygen atoms in total. The molecule has 170 valence electrons. The number of anilines is 2. The lowest BCUT2D eigenvalue weighted by atomic mass is 9.89. The first kappa shape index (κ1) is 22.7. The van der Waals surface area contributed by atoms with Crippen molar-refractivity contribution in [1.29, 1.82) is 0 Å². The van der Waals surface area contributed by atoms with Crippen LogP contribution in [0.4, 0.5) is 15.8 Å². The molecule has 3 aromatic rings. The Morgan fingerprint density at radius 2 is 1.61 bits per heavy atom. The molecule has 3 aromatic carbocycles. The van der Waals surface area contributed by atoms with E-state index in [1.165, 1.54) is 24.3 Å². The highest BCUT2D eigenvalue weighted by molar-refractivity contribution is 6.07. The van der Waals surface area contributed by atoms with E-state index in [0.717, 1.165) is 16.9 Å². The van der Waals surface area contributed by atoms with Gasteiger partial charge >= 0.3 is 0 Å². The van der Waals surface area contributed by atoms with E-state index < -0.39 is 0 Å². The first-order valence-corrected chi connectivity index (χ1v) is 11.4. The second-order valence-corrected chi connectivity index (χ2v) is 9.04. The molecule has 1 aliphatic heterocycles. The Hall–Kier alpha value is -3.47. The number of hydrogen-bond donors (Lipinski definition) is 0. The van der Waals surface area contributed by atoms with Gasteiger partial charge < -0.3 is 9.80 Å². The monoisotopic (exact) mass is 444 g/mol. The predicted octanol–water partition coefficient (Wildman–Crippen LogP) is 6.39. The Kier molecular flexibility index (Phi) is 6.59. The molecule has 0 fully saturated rings. The second kappa shape index (κ2) is 9.57. The van der Waals surface area contributed by atoms with Crippen molar-refractivity contribution in [3.8, 4) is 0 Å². The molecule has 0 saturated carbocycles. The van der Waals surface area contributed by atoms with Gasteiger partial charge in [0, 0.05) is 29.4 Å². The van der Waals surface area contributed by atoms with Gasteiger partial charge in [0.05, 0.1) is 6.04 Å². The normalized spacial score (nSPS) is 17.5. The van der Waals surface area contributed by atoms with Crippen LogP contribution in [0.3, 0.4) is 0 Å². The topological polar surface area (TPSA) is 40.6 Å². The maximum absolute atomic E-state index is 13.4. The standard InChI is InChI=1S/C28H29FN2O2/c1-19(2)17-27(32)31(23-9-5-4-6-10-23)26-18-20(3)30(25-12-8-7-11-24(25)26)28(33)21-13-15-22(29)16-14-21/h4-16,19-20,26H,17-18H2,1-3H3/t20-,26+/m0/s1. The second-order valence-electron chi connectivity index (χ2n) is 9.04. The molecule has 2 atom stereocenters. The zero-order valence-electron chi connectivity index (χ0n) is 19.2. The number of rotatable bonds is 5. The van der Waals surface area contributed by atoms with Crippen LogP contribution < -0.4 is 9.80 Å². The fourth-order valence-corrected chi connectivity index (χ4v) is 4.60. The average molecular weight is 445 g/mol. The summed E-state index contributed by atoms with van der Waals surface area (Å²) in [6, 6.07) is 22.8. The van der Waals surface area contributed by atoms with Crippen molar-refractivity contribution in [1.82, 2.24) is 0 Å². The first-order chi connectivity index (χ1) is 15.9. The Labute approximate surface area is 194 Å². The van der Waals surface area contributed by atoms with Gasteiger partial charge in [0.1, 0.15) is 5.82 Å². The van der Waals surface area contributed by atoms with Crippen LogP contribution >= 0.6 is 0 Å². The number of para-hydroxylation sites is 2. The molecule has 33 heavy (non-hydrogen) atoms. The van der Waals surface area contributed by atoms with Gasteiger partial charge in [-0.2, -0.15) is 0 Å². The Morgan fingerprint density at radius 1 is 0.970 bits per heavy atom. The number of fused-ring (bicyclic) bond motifs is 1. The quantitative estimate of drug-likeness (QED) is 0.458. The van der Waals surface area contributed by atoms with Crippen molar-refractivity contribution < 1.29 is 14.0 Å². The minimum absolute atomic E-state index is 0.0708. The van der Waals surface area contributed by atoms with E-state index in [9.17, 15) is 14.0 Å². The Bertz CT molecular complexity index is 1130. The number of carbonyl (C=O) groups is 2. The average Bonchev–Trinajstić information content (AvgIpc) is 2.79. The Balaban J connectivity index is 1.77. The van der Waals surface area contributed by atoms with Gasteiger partial charge in [-0.25, -0.2) is 4.39 Å². The summed E-state index contributed by atoms with van der Waals surface area (Å²) >= 11 is 0. The molecule has 0 N–H and O–H groups in total. The van der Waals surface area contributed by atoms with Gasteiger partial charge in [0.25, 0.3) is 5.91 Å². The third kappa shape index (κ3) is 4.68. The third-order valence-electron chi connectivity index (χ3n) is 6.07. The van der Waals surface area contributed by atoms with Crippen LogP contribution in [0.15, 0.2) is 78.9 Å². The molecular formula is C28H29FN2O2. The molecule has 0 aromatic heterocycles. The van der Waals surface area contributed by atoms with Crippen molar-refractivity contribution in [2.45, 2.75) is 45.7 Å². The summed E-state index contributed by atoms with van der Waals surface area (Å²) < 4.78 is 13.4. The van der Waals surface area contributed by atoms with E-state index >= 15 is 0 Å². The van der Waals surface area contributed by atoms with Crippen molar-refractivity contribution in [3.05, 3.63) is 95.8 Å². The summed E-state index contributed by atoms with van der Waals surface area (Å²) in [5.74, 6) is -0.243. The summed E-state index contributed by atoms with van der Waals surface area (Å²) in [5, 5.41) is 0. The van der Waals surface area contributed by atoms with Gasteiger partial charge in [-0.1, -0.05) is 50.2 Å². The molecule has 0 radical (unpaired) electrons. The van der Waals surface area contributed by atoms with Crippen LogP contribution in [0, 0.1) is 11.7 Å². The largest absolute Gasteiger partial charge is 0.305 e. The van der Waals surface area contributed by atoms with Crippen LogP contribution in [-0.2, 0) is 4.79 Å². The summed E-state index contributed by atoms with van der Waals surface area (Å²) in [4.78, 5) is 30.6. The van der Waals surface area contributed by atoms with Crippen molar-refractivity contribution in [2.75, 3.05) is 9.80 Å². The van der Waals surface area contributed by atoms with E-state index in [-0.39, 0.29) is 35.6 Å². The zero-order valence-corrected chi connectivity index (χ0v) is 19.2. The van der Waals surface area contributed by atoms with E-state index in [4.69, 9.17) is 0 Å². The smallest absolute Gasteiger partial charge is 0.258 e. The lowest BCUT2D eigenvalue weighted by Crippen LogP contribution is -2.48. The molecule has 5 heteroatoms. The van der Waals surface area contributed by atoms with Crippen LogP contribution in [0.25, 0.3) is 0 Å². The summed E-state index contributed by atoms with van der Waals surface area (Å²) in [6.45, 7) is 6.09.